The van der Waals surface area contributed by atoms with Crippen molar-refractivity contribution in [1.29, 1.82) is 0 Å². The Kier molecular flexibility index (Phi) is 4.51. The number of aryl methyl sites for hydroxylation is 1. The molecule has 4 heterocycles. The number of piperidine rings is 1. The average Bonchev–Trinajstić information content (AvgIpc) is 3.33. The van der Waals surface area contributed by atoms with E-state index in [1.165, 1.54) is 19.3 Å². The van der Waals surface area contributed by atoms with Gasteiger partial charge in [-0.3, -0.25) is 9.38 Å². The summed E-state index contributed by atoms with van der Waals surface area (Å²) in [5.41, 5.74) is 8.79. The van der Waals surface area contributed by atoms with Gasteiger partial charge in [0.2, 0.25) is 5.95 Å². The standard InChI is InChI=1S/C21H26N6S/c1-15-16(4-3-9-23-15)28-17-14-25-20(27-13-10-24-19(17)27)26-11-7-21(8-12-26)6-2-5-18(21)22/h3-4,9-10,13-14,18H,2,5-8,11-12,22H2,1H3/t18-/m1/s1. The molecule has 0 radical (unpaired) electrons. The molecule has 1 saturated heterocycles. The molecule has 2 aliphatic rings. The summed E-state index contributed by atoms with van der Waals surface area (Å²) >= 11 is 1.68. The van der Waals surface area contributed by atoms with Gasteiger partial charge in [-0.15, -0.1) is 0 Å². The minimum Gasteiger partial charge on any atom is -0.342 e. The van der Waals surface area contributed by atoms with Crippen molar-refractivity contribution >= 4 is 23.4 Å². The molecule has 28 heavy (non-hydrogen) atoms. The summed E-state index contributed by atoms with van der Waals surface area (Å²) in [5, 5.41) is 0. The van der Waals surface area contributed by atoms with Gasteiger partial charge in [-0.1, -0.05) is 18.2 Å². The summed E-state index contributed by atoms with van der Waals surface area (Å²) < 4.78 is 2.13. The average molecular weight is 395 g/mol. The van der Waals surface area contributed by atoms with E-state index in [1.807, 2.05) is 37.8 Å². The van der Waals surface area contributed by atoms with E-state index in [0.29, 0.717) is 11.5 Å². The van der Waals surface area contributed by atoms with Crippen LogP contribution in [0, 0.1) is 12.3 Å². The minimum absolute atomic E-state index is 0.359. The van der Waals surface area contributed by atoms with Crippen LogP contribution in [0.5, 0.6) is 0 Å². The van der Waals surface area contributed by atoms with Crippen molar-refractivity contribution < 1.29 is 0 Å². The largest absolute Gasteiger partial charge is 0.342 e. The van der Waals surface area contributed by atoms with Gasteiger partial charge in [0.15, 0.2) is 5.65 Å². The number of hydrogen-bond acceptors (Lipinski definition) is 6. The van der Waals surface area contributed by atoms with Crippen LogP contribution >= 0.6 is 11.8 Å². The van der Waals surface area contributed by atoms with Crippen molar-refractivity contribution in [1.82, 2.24) is 19.4 Å². The summed E-state index contributed by atoms with van der Waals surface area (Å²) in [6.45, 7) is 4.06. The molecule has 3 aromatic rings. The number of aromatic nitrogens is 4. The first kappa shape index (κ1) is 17.9. The van der Waals surface area contributed by atoms with Crippen LogP contribution in [0.2, 0.25) is 0 Å². The van der Waals surface area contributed by atoms with Gasteiger partial charge in [0.1, 0.15) is 0 Å². The zero-order chi connectivity index (χ0) is 19.1. The molecule has 1 atom stereocenters. The maximum atomic E-state index is 6.45. The fraction of sp³-hybridized carbons (Fsp3) is 0.476. The molecule has 7 heteroatoms. The molecular formula is C21H26N6S. The lowest BCUT2D eigenvalue weighted by molar-refractivity contribution is 0.197. The molecule has 0 amide bonds. The third-order valence-corrected chi connectivity index (χ3v) is 7.73. The van der Waals surface area contributed by atoms with Crippen LogP contribution in [0.3, 0.4) is 0 Å². The number of rotatable bonds is 3. The highest BCUT2D eigenvalue weighted by Gasteiger charge is 2.43. The summed E-state index contributed by atoms with van der Waals surface area (Å²) in [6, 6.07) is 4.43. The Balaban J connectivity index is 1.41. The summed E-state index contributed by atoms with van der Waals surface area (Å²) in [4.78, 5) is 18.4. The summed E-state index contributed by atoms with van der Waals surface area (Å²) in [5.74, 6) is 0.987. The van der Waals surface area contributed by atoms with Gasteiger partial charge in [-0.05, 0) is 50.2 Å². The molecule has 146 valence electrons. The molecule has 0 bridgehead atoms. The van der Waals surface area contributed by atoms with E-state index in [0.717, 1.165) is 53.0 Å². The Bertz CT molecular complexity index is 991. The second kappa shape index (κ2) is 7.04. The van der Waals surface area contributed by atoms with Gasteiger partial charge >= 0.3 is 0 Å². The third kappa shape index (κ3) is 2.97. The molecule has 3 aromatic heterocycles. The van der Waals surface area contributed by atoms with Gasteiger partial charge in [0, 0.05) is 48.8 Å². The zero-order valence-corrected chi connectivity index (χ0v) is 17.0. The summed E-state index contributed by atoms with van der Waals surface area (Å²) in [6.07, 6.45) is 13.7. The van der Waals surface area contributed by atoms with Crippen molar-refractivity contribution in [3.8, 4) is 0 Å². The minimum atomic E-state index is 0.359. The molecule has 1 spiro atoms. The van der Waals surface area contributed by atoms with Crippen molar-refractivity contribution in [2.75, 3.05) is 18.0 Å². The fourth-order valence-corrected chi connectivity index (χ4v) is 5.76. The summed E-state index contributed by atoms with van der Waals surface area (Å²) in [7, 11) is 0. The van der Waals surface area contributed by atoms with Gasteiger partial charge in [-0.2, -0.15) is 0 Å². The highest BCUT2D eigenvalue weighted by Crippen LogP contribution is 2.46. The molecule has 1 aliphatic heterocycles. The monoisotopic (exact) mass is 394 g/mol. The topological polar surface area (TPSA) is 72.3 Å². The molecule has 2 N–H and O–H groups in total. The number of anilines is 1. The smallest absolute Gasteiger partial charge is 0.211 e. The Labute approximate surface area is 169 Å². The molecule has 0 unspecified atom stereocenters. The molecule has 6 nitrogen and oxygen atoms in total. The highest BCUT2D eigenvalue weighted by atomic mass is 32.2. The normalized spacial score (nSPS) is 21.6. The number of pyridine rings is 1. The van der Waals surface area contributed by atoms with Crippen molar-refractivity contribution in [3.63, 3.8) is 0 Å². The molecule has 1 saturated carbocycles. The predicted octanol–water partition coefficient (Wildman–Crippen LogP) is 3.68. The van der Waals surface area contributed by atoms with Crippen LogP contribution in [-0.4, -0.2) is 38.5 Å². The Hall–Kier alpha value is -2.12. The van der Waals surface area contributed by atoms with E-state index in [4.69, 9.17) is 10.7 Å². The van der Waals surface area contributed by atoms with E-state index in [2.05, 4.69) is 25.3 Å². The predicted molar refractivity (Wildman–Crippen MR) is 112 cm³/mol. The quantitative estimate of drug-likeness (QED) is 0.731. The van der Waals surface area contributed by atoms with Crippen molar-refractivity contribution in [2.24, 2.45) is 11.1 Å². The number of hydrogen-bond donors (Lipinski definition) is 1. The molecule has 0 aromatic carbocycles. The SMILES string of the molecule is Cc1ncccc1Sc1cnc(N2CCC3(CCC[C@H]3N)CC2)n2ccnc12. The first-order valence-corrected chi connectivity index (χ1v) is 10.9. The zero-order valence-electron chi connectivity index (χ0n) is 16.2. The molecule has 2 fully saturated rings. The van der Waals surface area contributed by atoms with Crippen LogP contribution < -0.4 is 10.6 Å². The van der Waals surface area contributed by atoms with Crippen LogP contribution in [0.4, 0.5) is 5.95 Å². The van der Waals surface area contributed by atoms with Crippen LogP contribution in [0.15, 0.2) is 46.7 Å². The van der Waals surface area contributed by atoms with Crippen LogP contribution in [-0.2, 0) is 0 Å². The highest BCUT2D eigenvalue weighted by molar-refractivity contribution is 7.99. The second-order valence-corrected chi connectivity index (χ2v) is 9.16. The van der Waals surface area contributed by atoms with Gasteiger partial charge in [0.05, 0.1) is 10.6 Å². The van der Waals surface area contributed by atoms with E-state index < -0.39 is 0 Å². The van der Waals surface area contributed by atoms with Crippen molar-refractivity contribution in [3.05, 3.63) is 42.6 Å². The molecule has 1 aliphatic carbocycles. The number of imidazole rings is 1. The maximum Gasteiger partial charge on any atom is 0.211 e. The Morgan fingerprint density at radius 1 is 1.11 bits per heavy atom. The lowest BCUT2D eigenvalue weighted by Crippen LogP contribution is -2.47. The van der Waals surface area contributed by atoms with Gasteiger partial charge in [-0.25, -0.2) is 9.97 Å². The Morgan fingerprint density at radius 2 is 1.96 bits per heavy atom. The second-order valence-electron chi connectivity index (χ2n) is 8.08. The molecular weight excluding hydrogens is 368 g/mol. The van der Waals surface area contributed by atoms with E-state index >= 15 is 0 Å². The van der Waals surface area contributed by atoms with Crippen molar-refractivity contribution in [2.45, 2.75) is 54.9 Å². The van der Waals surface area contributed by atoms with E-state index in [-0.39, 0.29) is 0 Å². The van der Waals surface area contributed by atoms with Gasteiger partial charge < -0.3 is 10.6 Å². The fourth-order valence-electron chi connectivity index (χ4n) is 4.82. The number of fused-ring (bicyclic) bond motifs is 1. The molecule has 5 rings (SSSR count). The van der Waals surface area contributed by atoms with E-state index in [1.54, 1.807) is 11.8 Å². The van der Waals surface area contributed by atoms with Crippen LogP contribution in [0.1, 0.15) is 37.8 Å². The maximum absolute atomic E-state index is 6.45. The first-order valence-electron chi connectivity index (χ1n) is 10.1. The lowest BCUT2D eigenvalue weighted by Gasteiger charge is -2.42. The van der Waals surface area contributed by atoms with E-state index in [9.17, 15) is 0 Å². The van der Waals surface area contributed by atoms with Gasteiger partial charge in [0.25, 0.3) is 0 Å². The Morgan fingerprint density at radius 3 is 2.71 bits per heavy atom. The van der Waals surface area contributed by atoms with Crippen LogP contribution in [0.25, 0.3) is 5.65 Å². The number of nitrogens with two attached hydrogens (primary N) is 1. The number of nitrogens with zero attached hydrogens (tertiary/aromatic N) is 5. The lowest BCUT2D eigenvalue weighted by atomic mass is 9.74. The first-order chi connectivity index (χ1) is 13.7. The third-order valence-electron chi connectivity index (χ3n) is 6.57.